The Hall–Kier alpha value is 0.822. The number of hydrogen-bond donors (Lipinski definition) is 0. The van der Waals surface area contributed by atoms with Crippen molar-refractivity contribution in [2.24, 2.45) is 0 Å². The van der Waals surface area contributed by atoms with Crippen LogP contribution >= 0.6 is 0 Å². The predicted octanol–water partition coefficient (Wildman–Crippen LogP) is -7.34. The van der Waals surface area contributed by atoms with Crippen molar-refractivity contribution >= 4 is 0 Å². The summed E-state index contributed by atoms with van der Waals surface area (Å²) in [6.07, 6.45) is 0. The van der Waals surface area contributed by atoms with Crippen molar-refractivity contribution in [2.45, 2.75) is 0 Å². The molecule has 0 aromatic heterocycles. The van der Waals surface area contributed by atoms with Gasteiger partial charge in [0.1, 0.15) is 0 Å². The van der Waals surface area contributed by atoms with Gasteiger partial charge in [-0.2, -0.15) is 0 Å². The molecule has 0 spiro atoms. The summed E-state index contributed by atoms with van der Waals surface area (Å²) in [5.41, 5.74) is 0. The predicted molar refractivity (Wildman–Crippen MR) is 3.25 cm³/mol. The van der Waals surface area contributed by atoms with E-state index in [4.69, 9.17) is 31.5 Å². The number of rotatable bonds is 0. The molecule has 0 radical (unpaired) electrons. The monoisotopic (exact) mass is 300 g/mol. The normalized spacial score (nSPS) is 4.91. The third kappa shape index (κ3) is 1250. The van der Waals surface area contributed by atoms with Crippen LogP contribution in [0.5, 0.6) is 0 Å². The molecule has 0 unspecified atom stereocenters. The van der Waals surface area contributed by atoms with Gasteiger partial charge >= 0.3 is 0 Å². The summed E-state index contributed by atoms with van der Waals surface area (Å²) in [5, 5.41) is 52.5. The molecule has 0 saturated heterocycles. The molecule has 0 aliphatic rings. The second-order valence-electron chi connectivity index (χ2n) is 0.204. The van der Waals surface area contributed by atoms with Crippen molar-refractivity contribution < 1.29 is 84.2 Å². The van der Waals surface area contributed by atoms with Crippen LogP contribution in [0.3, 0.4) is 0 Å². The first kappa shape index (κ1) is 29.7. The molecule has 0 saturated carbocycles. The second-order valence-corrected chi connectivity index (χ2v) is 0.204. The molecule has 0 aromatic carbocycles. The number of hydrogen-bond acceptors (Lipinski definition) is 9. The van der Waals surface area contributed by atoms with Gasteiger partial charge in [0.2, 0.25) is 0 Å². The minimum Gasteiger partial charge on any atom is -0.734 e. The van der Waals surface area contributed by atoms with E-state index >= 15 is 0 Å². The third-order valence-corrected chi connectivity index (χ3v) is 0. The Morgan fingerprint density at radius 3 is 0.545 bits per heavy atom. The summed E-state index contributed by atoms with van der Waals surface area (Å²) in [6, 6.07) is 0. The van der Waals surface area contributed by atoms with Gasteiger partial charge in [-0.15, -0.1) is 0 Å². The first-order chi connectivity index (χ1) is 4.24. The Balaban J connectivity index is -0.0000000150. The maximum absolute atomic E-state index is 7.88. The van der Waals surface area contributed by atoms with Gasteiger partial charge in [0.25, 0.3) is 0 Å². The van der Waals surface area contributed by atoms with E-state index in [-0.39, 0.29) is 37.6 Å². The van der Waals surface area contributed by atoms with E-state index < -0.39 is 0 Å². The SMILES string of the molecule is [Mo].[Ni].[O-]O[O-].[O-]O[O-].[O-]O[O-]. The van der Waals surface area contributed by atoms with E-state index in [9.17, 15) is 0 Å². The average Bonchev–Trinajstić information content (AvgIpc) is 1.70. The van der Waals surface area contributed by atoms with Crippen LogP contribution in [0.2, 0.25) is 0 Å². The average molecular weight is 299 g/mol. The van der Waals surface area contributed by atoms with Crippen LogP contribution in [0.25, 0.3) is 0 Å². The van der Waals surface area contributed by atoms with E-state index in [0.29, 0.717) is 0 Å². The molecule has 0 N–H and O–H groups in total. The van der Waals surface area contributed by atoms with Crippen LogP contribution in [0.1, 0.15) is 0 Å². The molecule has 76 valence electrons. The van der Waals surface area contributed by atoms with Gasteiger partial charge in [0.15, 0.2) is 0 Å². The zero-order valence-electron chi connectivity index (χ0n) is 4.40. The minimum absolute atomic E-state index is 0. The zero-order valence-corrected chi connectivity index (χ0v) is 7.39. The first-order valence-electron chi connectivity index (χ1n) is 1.00. The first-order valence-corrected chi connectivity index (χ1v) is 1.00. The Morgan fingerprint density at radius 1 is 0.545 bits per heavy atom. The fraction of sp³-hybridized carbons (Fsp3) is 0. The van der Waals surface area contributed by atoms with Gasteiger partial charge in [-0.3, -0.25) is 0 Å². The minimum atomic E-state index is 0. The van der Waals surface area contributed by atoms with Gasteiger partial charge in [-0.25, -0.2) is 0 Å². The molecule has 11 heteroatoms. The summed E-state index contributed by atoms with van der Waals surface area (Å²) in [6.45, 7) is 0. The van der Waals surface area contributed by atoms with Gasteiger partial charge in [0.05, 0.1) is 0 Å². The van der Waals surface area contributed by atoms with E-state index in [1.54, 1.807) is 15.1 Å². The largest absolute Gasteiger partial charge is 0.734 e. The molecule has 11 heavy (non-hydrogen) atoms. The van der Waals surface area contributed by atoms with Crippen molar-refractivity contribution in [3.05, 3.63) is 0 Å². The smallest absolute Gasteiger partial charge is 0 e. The van der Waals surface area contributed by atoms with Crippen molar-refractivity contribution in [3.63, 3.8) is 0 Å². The van der Waals surface area contributed by atoms with Crippen molar-refractivity contribution in [1.82, 2.24) is 0 Å². The van der Waals surface area contributed by atoms with Crippen molar-refractivity contribution in [3.8, 4) is 0 Å². The van der Waals surface area contributed by atoms with E-state index in [1.807, 2.05) is 0 Å². The molecule has 0 fully saturated rings. The van der Waals surface area contributed by atoms with Crippen LogP contribution in [-0.4, -0.2) is 0 Å². The van der Waals surface area contributed by atoms with Gasteiger partial charge in [-0.1, -0.05) is 0 Å². The van der Waals surface area contributed by atoms with Crippen LogP contribution in [0.15, 0.2) is 0 Å². The molecular weight excluding hydrogens is 299 g/mol. The summed E-state index contributed by atoms with van der Waals surface area (Å²) in [4.78, 5) is 0. The second kappa shape index (κ2) is 71.5. The summed E-state index contributed by atoms with van der Waals surface area (Å²) in [7, 11) is 0. The van der Waals surface area contributed by atoms with E-state index in [2.05, 4.69) is 0 Å². The van der Waals surface area contributed by atoms with Crippen molar-refractivity contribution in [1.29, 1.82) is 0 Å². The van der Waals surface area contributed by atoms with Crippen LogP contribution in [-0.2, 0) is 52.7 Å². The quantitative estimate of drug-likeness (QED) is 0.240. The molecule has 0 atom stereocenters. The molecule has 0 aliphatic carbocycles. The molecule has 9 nitrogen and oxygen atoms in total. The maximum Gasteiger partial charge on any atom is 0 e. The molecule has 0 heterocycles. The van der Waals surface area contributed by atoms with E-state index in [0.717, 1.165) is 0 Å². The standard InChI is InChI=1S/Mo.Ni.3H2O3/c;;3*1-3-2/h;;3*1-2H/p-6. The molecule has 0 aromatic rings. The summed E-state index contributed by atoms with van der Waals surface area (Å²) < 4.78 is 0. The Morgan fingerprint density at radius 2 is 0.545 bits per heavy atom. The van der Waals surface area contributed by atoms with Crippen LogP contribution in [0, 0.1) is 0 Å². The van der Waals surface area contributed by atoms with Crippen molar-refractivity contribution in [2.75, 3.05) is 0 Å². The van der Waals surface area contributed by atoms with Gasteiger partial charge < -0.3 is 46.7 Å². The third-order valence-electron chi connectivity index (χ3n) is 0. The van der Waals surface area contributed by atoms with Gasteiger partial charge in [-0.05, 0) is 0 Å². The van der Waals surface area contributed by atoms with Crippen LogP contribution < -0.4 is 31.5 Å². The Bertz CT molecular complexity index is 14.3. The van der Waals surface area contributed by atoms with E-state index in [1.165, 1.54) is 0 Å². The molecule has 0 rings (SSSR count). The molecule has 0 amide bonds. The maximum atomic E-state index is 7.88. The summed E-state index contributed by atoms with van der Waals surface area (Å²) in [5.74, 6) is 0. The Kier molecular flexibility index (Phi) is 193. The molecule has 0 aliphatic heterocycles. The topological polar surface area (TPSA) is 166 Å². The summed E-state index contributed by atoms with van der Waals surface area (Å²) >= 11 is 0. The van der Waals surface area contributed by atoms with Gasteiger partial charge in [0, 0.05) is 37.6 Å². The fourth-order valence-corrected chi connectivity index (χ4v) is 0. The molecular formula is MoNiO9-6. The zero-order chi connectivity index (χ0) is 8.12. The Labute approximate surface area is 84.5 Å². The van der Waals surface area contributed by atoms with Crippen LogP contribution in [0.4, 0.5) is 0 Å². The fourth-order valence-electron chi connectivity index (χ4n) is 0. The molecule has 0 bridgehead atoms.